The largest absolute Gasteiger partial charge is 0.437 e. The molecule has 6 nitrogen and oxygen atoms in total. The molecule has 1 heterocycles. The van der Waals surface area contributed by atoms with Crippen LogP contribution in [-0.2, 0) is 11.2 Å². The van der Waals surface area contributed by atoms with Crippen molar-refractivity contribution in [1.82, 2.24) is 9.78 Å². The molecule has 0 fully saturated rings. The van der Waals surface area contributed by atoms with Crippen molar-refractivity contribution in [3.8, 4) is 23.5 Å². The number of halogens is 1. The first-order chi connectivity index (χ1) is 11.1. The number of hydrogen-bond donors (Lipinski definition) is 1. The average molecular weight is 331 g/mol. The minimum Gasteiger partial charge on any atom is -0.435 e. The van der Waals surface area contributed by atoms with E-state index >= 15 is 0 Å². The Labute approximate surface area is 138 Å². The fourth-order valence-electron chi connectivity index (χ4n) is 2.09. The van der Waals surface area contributed by atoms with Crippen LogP contribution in [0, 0.1) is 12.3 Å². The van der Waals surface area contributed by atoms with E-state index in [-0.39, 0.29) is 12.4 Å². The summed E-state index contributed by atoms with van der Waals surface area (Å²) in [6.07, 6.45) is 6.09. The molecule has 0 spiro atoms. The Hall–Kier alpha value is -2.78. The second-order valence-electron chi connectivity index (χ2n) is 4.45. The lowest BCUT2D eigenvalue weighted by Crippen LogP contribution is -2.15. The van der Waals surface area contributed by atoms with Gasteiger partial charge in [-0.05, 0) is 24.1 Å². The standard InChI is InChI=1S/C16H15ClN4O2/c1-3-9-23-16(22)21-15(19-10-18)14(13(4-2)20-21)11-5-7-12(17)8-6-11/h1,5-8,10H,4,9H2,2H3,(H2,18,19). The number of benzene rings is 1. The van der Waals surface area contributed by atoms with Gasteiger partial charge in [0.2, 0.25) is 0 Å². The van der Waals surface area contributed by atoms with Crippen molar-refractivity contribution in [2.24, 2.45) is 10.7 Å². The zero-order chi connectivity index (χ0) is 16.8. The number of ether oxygens (including phenoxy) is 1. The van der Waals surface area contributed by atoms with Crippen molar-refractivity contribution in [2.75, 3.05) is 6.61 Å². The highest BCUT2D eigenvalue weighted by Crippen LogP contribution is 2.34. The van der Waals surface area contributed by atoms with E-state index in [9.17, 15) is 4.79 Å². The number of aliphatic imine (C=N–C) groups is 1. The highest BCUT2D eigenvalue weighted by Gasteiger charge is 2.22. The average Bonchev–Trinajstić information content (AvgIpc) is 2.92. The van der Waals surface area contributed by atoms with E-state index in [2.05, 4.69) is 16.0 Å². The van der Waals surface area contributed by atoms with E-state index in [4.69, 9.17) is 28.5 Å². The molecule has 2 N–H and O–H groups in total. The number of carbonyl (C=O) groups excluding carboxylic acids is 1. The SMILES string of the molecule is C#CCOC(=O)n1nc(CC)c(-c2ccc(Cl)cc2)c1/N=C\N. The summed E-state index contributed by atoms with van der Waals surface area (Å²) in [5.74, 6) is 2.52. The van der Waals surface area contributed by atoms with Crippen molar-refractivity contribution < 1.29 is 9.53 Å². The monoisotopic (exact) mass is 330 g/mol. The van der Waals surface area contributed by atoms with Crippen molar-refractivity contribution in [3.05, 3.63) is 35.0 Å². The minimum absolute atomic E-state index is 0.151. The summed E-state index contributed by atoms with van der Waals surface area (Å²) in [6, 6.07) is 7.15. The van der Waals surface area contributed by atoms with E-state index in [1.165, 1.54) is 0 Å². The van der Waals surface area contributed by atoms with Gasteiger partial charge in [-0.25, -0.2) is 9.79 Å². The van der Waals surface area contributed by atoms with Crippen LogP contribution in [0.1, 0.15) is 12.6 Å². The van der Waals surface area contributed by atoms with Gasteiger partial charge >= 0.3 is 6.09 Å². The molecule has 0 amide bonds. The normalized spacial score (nSPS) is 10.7. The summed E-state index contributed by atoms with van der Waals surface area (Å²) < 4.78 is 5.98. The number of carbonyl (C=O) groups is 1. The number of hydrogen-bond acceptors (Lipinski definition) is 4. The molecule has 0 bridgehead atoms. The van der Waals surface area contributed by atoms with Crippen LogP contribution < -0.4 is 5.73 Å². The minimum atomic E-state index is -0.710. The van der Waals surface area contributed by atoms with E-state index in [1.54, 1.807) is 12.1 Å². The van der Waals surface area contributed by atoms with Gasteiger partial charge in [0.25, 0.3) is 0 Å². The van der Waals surface area contributed by atoms with Gasteiger partial charge in [0.1, 0.15) is 0 Å². The Morgan fingerprint density at radius 3 is 2.78 bits per heavy atom. The fraction of sp³-hybridized carbons (Fsp3) is 0.188. The van der Waals surface area contributed by atoms with Gasteiger partial charge in [-0.1, -0.05) is 36.6 Å². The maximum absolute atomic E-state index is 12.1. The van der Waals surface area contributed by atoms with Gasteiger partial charge in [-0.2, -0.15) is 5.10 Å². The first-order valence-electron chi connectivity index (χ1n) is 6.85. The quantitative estimate of drug-likeness (QED) is 0.530. The Bertz CT molecular complexity index is 773. The highest BCUT2D eigenvalue weighted by atomic mass is 35.5. The molecule has 0 atom stereocenters. The third-order valence-electron chi connectivity index (χ3n) is 3.05. The van der Waals surface area contributed by atoms with Crippen LogP contribution in [0.15, 0.2) is 29.3 Å². The van der Waals surface area contributed by atoms with Gasteiger partial charge in [0.15, 0.2) is 12.4 Å². The smallest absolute Gasteiger partial charge is 0.435 e. The predicted octanol–water partition coefficient (Wildman–Crippen LogP) is 3.00. The zero-order valence-electron chi connectivity index (χ0n) is 12.5. The lowest BCUT2D eigenvalue weighted by molar-refractivity contribution is 0.158. The molecule has 0 radical (unpaired) electrons. The molecule has 23 heavy (non-hydrogen) atoms. The third kappa shape index (κ3) is 3.52. The van der Waals surface area contributed by atoms with Crippen LogP contribution in [0.5, 0.6) is 0 Å². The summed E-state index contributed by atoms with van der Waals surface area (Å²) >= 11 is 5.92. The van der Waals surface area contributed by atoms with Gasteiger partial charge < -0.3 is 10.5 Å². The van der Waals surface area contributed by atoms with Crippen molar-refractivity contribution in [3.63, 3.8) is 0 Å². The molecule has 2 aromatic rings. The number of aryl methyl sites for hydroxylation is 1. The van der Waals surface area contributed by atoms with Gasteiger partial charge in [-0.3, -0.25) is 0 Å². The molecular weight excluding hydrogens is 316 g/mol. The lowest BCUT2D eigenvalue weighted by Gasteiger charge is -2.05. The Kier molecular flexibility index (Phi) is 5.39. The fourth-order valence-corrected chi connectivity index (χ4v) is 2.22. The van der Waals surface area contributed by atoms with Crippen LogP contribution in [0.3, 0.4) is 0 Å². The lowest BCUT2D eigenvalue weighted by atomic mass is 10.0. The summed E-state index contributed by atoms with van der Waals surface area (Å²) in [7, 11) is 0. The maximum atomic E-state index is 12.1. The van der Waals surface area contributed by atoms with Crippen LogP contribution in [0.2, 0.25) is 5.02 Å². The molecule has 118 valence electrons. The molecule has 0 aliphatic rings. The molecule has 0 unspecified atom stereocenters. The number of nitrogens with zero attached hydrogens (tertiary/aromatic N) is 3. The summed E-state index contributed by atoms with van der Waals surface area (Å²) in [5.41, 5.74) is 7.62. The topological polar surface area (TPSA) is 82.5 Å². The first-order valence-corrected chi connectivity index (χ1v) is 7.22. The molecule has 0 saturated heterocycles. The molecule has 0 saturated carbocycles. The van der Waals surface area contributed by atoms with Crippen LogP contribution in [0.4, 0.5) is 10.6 Å². The van der Waals surface area contributed by atoms with Crippen LogP contribution in [0.25, 0.3) is 11.1 Å². The molecule has 2 rings (SSSR count). The highest BCUT2D eigenvalue weighted by molar-refractivity contribution is 6.30. The van der Waals surface area contributed by atoms with Crippen molar-refractivity contribution >= 4 is 29.9 Å². The Balaban J connectivity index is 2.60. The maximum Gasteiger partial charge on any atom is 0.437 e. The van der Waals surface area contributed by atoms with E-state index in [0.29, 0.717) is 22.7 Å². The molecule has 7 heteroatoms. The summed E-state index contributed by atoms with van der Waals surface area (Å²) in [5, 5.41) is 4.88. The van der Waals surface area contributed by atoms with Gasteiger partial charge in [0, 0.05) is 5.02 Å². The zero-order valence-corrected chi connectivity index (χ0v) is 13.2. The number of rotatable bonds is 4. The van der Waals surface area contributed by atoms with E-state index < -0.39 is 6.09 Å². The van der Waals surface area contributed by atoms with Crippen LogP contribution >= 0.6 is 11.6 Å². The molecular formula is C16H15ClN4O2. The molecule has 1 aromatic carbocycles. The number of aromatic nitrogens is 2. The van der Waals surface area contributed by atoms with Gasteiger partial charge in [0.05, 0.1) is 17.6 Å². The molecule has 0 aliphatic carbocycles. The van der Waals surface area contributed by atoms with Crippen molar-refractivity contribution in [2.45, 2.75) is 13.3 Å². The van der Waals surface area contributed by atoms with Crippen LogP contribution in [-0.4, -0.2) is 28.8 Å². The van der Waals surface area contributed by atoms with Crippen molar-refractivity contribution in [1.29, 1.82) is 0 Å². The summed E-state index contributed by atoms with van der Waals surface area (Å²) in [6.45, 7) is 1.77. The second-order valence-corrected chi connectivity index (χ2v) is 4.89. The number of nitrogens with two attached hydrogens (primary N) is 1. The predicted molar refractivity (Wildman–Crippen MR) is 90.0 cm³/mol. The van der Waals surface area contributed by atoms with E-state index in [1.807, 2.05) is 19.1 Å². The first kappa shape index (κ1) is 16.6. The van der Waals surface area contributed by atoms with Gasteiger partial charge in [-0.15, -0.1) is 11.1 Å². The third-order valence-corrected chi connectivity index (χ3v) is 3.30. The molecule has 0 aliphatic heterocycles. The Morgan fingerprint density at radius 2 is 2.22 bits per heavy atom. The Morgan fingerprint density at radius 1 is 1.52 bits per heavy atom. The number of terminal acetylenes is 1. The molecule has 1 aromatic heterocycles. The van der Waals surface area contributed by atoms with E-state index in [0.717, 1.165) is 16.6 Å². The second kappa shape index (κ2) is 7.47. The summed E-state index contributed by atoms with van der Waals surface area (Å²) in [4.78, 5) is 16.2.